The third-order valence-corrected chi connectivity index (χ3v) is 4.88. The lowest BCUT2D eigenvalue weighted by atomic mass is 10.2. The molecule has 1 aromatic carbocycles. The van der Waals surface area contributed by atoms with E-state index in [4.69, 9.17) is 0 Å². The number of hydrogen-bond donors (Lipinski definition) is 2. The van der Waals surface area contributed by atoms with Crippen LogP contribution in [-0.2, 0) is 0 Å². The third kappa shape index (κ3) is 4.18. The van der Waals surface area contributed by atoms with E-state index in [1.54, 1.807) is 0 Å². The Morgan fingerprint density at radius 2 is 1.95 bits per heavy atom. The second-order valence-electron chi connectivity index (χ2n) is 5.62. The highest BCUT2D eigenvalue weighted by Gasteiger charge is 2.10. The summed E-state index contributed by atoms with van der Waals surface area (Å²) in [6.07, 6.45) is 5.22. The normalized spacial score (nSPS) is 16.4. The van der Waals surface area contributed by atoms with Gasteiger partial charge in [0, 0.05) is 13.1 Å². The van der Waals surface area contributed by atoms with E-state index in [9.17, 15) is 4.79 Å². The van der Waals surface area contributed by atoms with Crippen molar-refractivity contribution in [3.63, 3.8) is 0 Å². The summed E-state index contributed by atoms with van der Waals surface area (Å²) in [6.45, 7) is 3.91. The van der Waals surface area contributed by atoms with Crippen LogP contribution in [0.4, 0.5) is 9.93 Å². The van der Waals surface area contributed by atoms with Crippen molar-refractivity contribution in [2.75, 3.05) is 31.5 Å². The van der Waals surface area contributed by atoms with Gasteiger partial charge >= 0.3 is 6.03 Å². The topological polar surface area (TPSA) is 57.3 Å². The molecule has 0 radical (unpaired) electrons. The Kier molecular flexibility index (Phi) is 5.24. The molecule has 1 saturated heterocycles. The first kappa shape index (κ1) is 15.2. The predicted molar refractivity (Wildman–Crippen MR) is 91.5 cm³/mol. The fourth-order valence-corrected chi connectivity index (χ4v) is 3.62. The fourth-order valence-electron chi connectivity index (χ4n) is 2.75. The summed E-state index contributed by atoms with van der Waals surface area (Å²) in [6, 6.07) is 7.72. The number of hydrogen-bond acceptors (Lipinski definition) is 4. The van der Waals surface area contributed by atoms with Crippen LogP contribution < -0.4 is 10.6 Å². The van der Waals surface area contributed by atoms with Gasteiger partial charge < -0.3 is 10.2 Å². The molecule has 2 aromatic rings. The van der Waals surface area contributed by atoms with Gasteiger partial charge in [-0.25, -0.2) is 9.78 Å². The summed E-state index contributed by atoms with van der Waals surface area (Å²) in [5.41, 5.74) is 0.923. The van der Waals surface area contributed by atoms with Gasteiger partial charge in [0.1, 0.15) is 0 Å². The lowest BCUT2D eigenvalue weighted by molar-refractivity contribution is 0.246. The highest BCUT2D eigenvalue weighted by Crippen LogP contribution is 2.25. The van der Waals surface area contributed by atoms with E-state index in [1.165, 1.54) is 37.0 Å². The molecule has 3 rings (SSSR count). The number of fused-ring (bicyclic) bond motifs is 1. The number of nitrogens with zero attached hydrogens (tertiary/aromatic N) is 2. The van der Waals surface area contributed by atoms with Gasteiger partial charge in [-0.15, -0.1) is 0 Å². The minimum atomic E-state index is -0.172. The van der Waals surface area contributed by atoms with Crippen LogP contribution in [0.2, 0.25) is 0 Å². The Balaban J connectivity index is 1.44. The average molecular weight is 318 g/mol. The Morgan fingerprint density at radius 3 is 2.73 bits per heavy atom. The molecule has 0 aliphatic carbocycles. The lowest BCUT2D eigenvalue weighted by Gasteiger charge is -2.19. The molecule has 0 saturated carbocycles. The van der Waals surface area contributed by atoms with E-state index < -0.39 is 0 Å². The van der Waals surface area contributed by atoms with Gasteiger partial charge in [0.15, 0.2) is 5.13 Å². The molecule has 0 bridgehead atoms. The molecule has 2 amide bonds. The quantitative estimate of drug-likeness (QED) is 0.909. The fraction of sp³-hybridized carbons (Fsp3) is 0.500. The zero-order valence-corrected chi connectivity index (χ0v) is 13.5. The van der Waals surface area contributed by atoms with Crippen molar-refractivity contribution in [2.24, 2.45) is 0 Å². The Morgan fingerprint density at radius 1 is 1.18 bits per heavy atom. The maximum absolute atomic E-state index is 11.9. The Labute approximate surface area is 134 Å². The van der Waals surface area contributed by atoms with Crippen molar-refractivity contribution in [2.45, 2.75) is 25.7 Å². The maximum Gasteiger partial charge on any atom is 0.321 e. The zero-order chi connectivity index (χ0) is 15.2. The Bertz CT molecular complexity index is 586. The van der Waals surface area contributed by atoms with E-state index in [2.05, 4.69) is 20.5 Å². The largest absolute Gasteiger partial charge is 0.337 e. The van der Waals surface area contributed by atoms with Crippen molar-refractivity contribution in [1.29, 1.82) is 0 Å². The van der Waals surface area contributed by atoms with Gasteiger partial charge in [-0.2, -0.15) is 0 Å². The van der Waals surface area contributed by atoms with Gasteiger partial charge in [0.2, 0.25) is 0 Å². The van der Waals surface area contributed by atoms with E-state index >= 15 is 0 Å². The van der Waals surface area contributed by atoms with Crippen molar-refractivity contribution in [3.8, 4) is 0 Å². The number of anilines is 1. The molecule has 6 heteroatoms. The van der Waals surface area contributed by atoms with Crippen molar-refractivity contribution in [3.05, 3.63) is 24.3 Å². The molecule has 1 aromatic heterocycles. The second kappa shape index (κ2) is 7.56. The van der Waals surface area contributed by atoms with Crippen LogP contribution in [0.3, 0.4) is 0 Å². The predicted octanol–water partition coefficient (Wildman–Crippen LogP) is 3.29. The summed E-state index contributed by atoms with van der Waals surface area (Å²) < 4.78 is 1.09. The van der Waals surface area contributed by atoms with Gasteiger partial charge in [-0.1, -0.05) is 36.3 Å². The first-order chi connectivity index (χ1) is 10.8. The summed E-state index contributed by atoms with van der Waals surface area (Å²) in [7, 11) is 0. The van der Waals surface area contributed by atoms with Gasteiger partial charge in [-0.3, -0.25) is 5.32 Å². The minimum Gasteiger partial charge on any atom is -0.337 e. The molecule has 0 unspecified atom stereocenters. The first-order valence-corrected chi connectivity index (χ1v) is 8.76. The van der Waals surface area contributed by atoms with Crippen LogP contribution in [0.1, 0.15) is 25.7 Å². The molecule has 2 heterocycles. The van der Waals surface area contributed by atoms with Gasteiger partial charge in [0.25, 0.3) is 0 Å². The summed E-state index contributed by atoms with van der Waals surface area (Å²) in [5.74, 6) is 0. The first-order valence-electron chi connectivity index (χ1n) is 7.94. The molecule has 1 fully saturated rings. The molecule has 0 spiro atoms. The number of urea groups is 1. The van der Waals surface area contributed by atoms with Gasteiger partial charge in [0.05, 0.1) is 10.2 Å². The van der Waals surface area contributed by atoms with Crippen LogP contribution in [0.5, 0.6) is 0 Å². The van der Waals surface area contributed by atoms with Crippen LogP contribution >= 0.6 is 11.3 Å². The number of benzene rings is 1. The smallest absolute Gasteiger partial charge is 0.321 e. The highest BCUT2D eigenvalue weighted by molar-refractivity contribution is 7.22. The third-order valence-electron chi connectivity index (χ3n) is 3.93. The van der Waals surface area contributed by atoms with E-state index in [0.29, 0.717) is 11.7 Å². The number of likely N-dealkylation sites (tertiary alicyclic amines) is 1. The SMILES string of the molecule is O=C(NCCN1CCCCCC1)Nc1nc2ccccc2s1. The van der Waals surface area contributed by atoms with Gasteiger partial charge in [-0.05, 0) is 38.1 Å². The van der Waals surface area contributed by atoms with Crippen LogP contribution in [0.15, 0.2) is 24.3 Å². The number of carbonyl (C=O) groups excluding carboxylic acids is 1. The number of thiazole rings is 1. The van der Waals surface area contributed by atoms with Crippen LogP contribution in [-0.4, -0.2) is 42.1 Å². The molecule has 22 heavy (non-hydrogen) atoms. The van der Waals surface area contributed by atoms with Crippen LogP contribution in [0.25, 0.3) is 10.2 Å². The zero-order valence-electron chi connectivity index (χ0n) is 12.7. The summed E-state index contributed by atoms with van der Waals surface area (Å²) in [5, 5.41) is 6.39. The van der Waals surface area contributed by atoms with E-state index in [0.717, 1.165) is 29.9 Å². The van der Waals surface area contributed by atoms with E-state index in [-0.39, 0.29) is 6.03 Å². The maximum atomic E-state index is 11.9. The molecule has 5 nitrogen and oxygen atoms in total. The van der Waals surface area contributed by atoms with Crippen molar-refractivity contribution >= 4 is 32.7 Å². The molecular weight excluding hydrogens is 296 g/mol. The number of amides is 2. The average Bonchev–Trinajstić information content (AvgIpc) is 2.73. The molecule has 0 atom stereocenters. The van der Waals surface area contributed by atoms with E-state index in [1.807, 2.05) is 24.3 Å². The minimum absolute atomic E-state index is 0.172. The second-order valence-corrected chi connectivity index (χ2v) is 6.65. The number of para-hydroxylation sites is 1. The molecule has 118 valence electrons. The summed E-state index contributed by atoms with van der Waals surface area (Å²) >= 11 is 1.50. The van der Waals surface area contributed by atoms with Crippen molar-refractivity contribution < 1.29 is 4.79 Å². The number of carbonyl (C=O) groups is 1. The highest BCUT2D eigenvalue weighted by atomic mass is 32.1. The Hall–Kier alpha value is -1.66. The molecule has 2 N–H and O–H groups in total. The summed E-state index contributed by atoms with van der Waals surface area (Å²) in [4.78, 5) is 18.8. The standard InChI is InChI=1S/C16H22N4OS/c21-15(17-9-12-20-10-5-1-2-6-11-20)19-16-18-13-7-3-4-8-14(13)22-16/h3-4,7-8H,1-2,5-6,9-12H2,(H2,17,18,19,21). The van der Waals surface area contributed by atoms with Crippen LogP contribution in [0, 0.1) is 0 Å². The number of rotatable bonds is 4. The molecule has 1 aliphatic heterocycles. The number of nitrogens with one attached hydrogen (secondary N) is 2. The number of aromatic nitrogens is 1. The molecular formula is C16H22N4OS. The monoisotopic (exact) mass is 318 g/mol. The lowest BCUT2D eigenvalue weighted by Crippen LogP contribution is -2.37. The van der Waals surface area contributed by atoms with Crippen molar-refractivity contribution in [1.82, 2.24) is 15.2 Å². The molecule has 1 aliphatic rings.